The number of anilines is 1. The molecule has 0 bridgehead atoms. The van der Waals surface area contributed by atoms with Gasteiger partial charge >= 0.3 is 0 Å². The zero-order valence-electron chi connectivity index (χ0n) is 19.2. The van der Waals surface area contributed by atoms with Crippen LogP contribution in [0.15, 0.2) is 36.4 Å². The summed E-state index contributed by atoms with van der Waals surface area (Å²) in [5.74, 6) is 1.38. The summed E-state index contributed by atoms with van der Waals surface area (Å²) < 4.78 is 35.4. The molecule has 0 aliphatic heterocycles. The number of nitrogens with one attached hydrogen (secondary N) is 1. The first-order valence-electron chi connectivity index (χ1n) is 10.1. The second-order valence-electron chi connectivity index (χ2n) is 7.91. The molecular formula is C23H32N2O5S. The van der Waals surface area contributed by atoms with Gasteiger partial charge in [-0.25, -0.2) is 8.42 Å². The fourth-order valence-corrected chi connectivity index (χ4v) is 3.77. The van der Waals surface area contributed by atoms with Crippen molar-refractivity contribution in [2.24, 2.45) is 0 Å². The van der Waals surface area contributed by atoms with Crippen molar-refractivity contribution in [3.05, 3.63) is 53.1 Å². The summed E-state index contributed by atoms with van der Waals surface area (Å²) in [4.78, 5) is 12.4. The van der Waals surface area contributed by atoms with Gasteiger partial charge in [-0.05, 0) is 72.9 Å². The van der Waals surface area contributed by atoms with Crippen molar-refractivity contribution in [2.45, 2.75) is 39.7 Å². The van der Waals surface area contributed by atoms with Crippen LogP contribution in [0.5, 0.6) is 11.5 Å². The van der Waals surface area contributed by atoms with Crippen LogP contribution in [0, 0.1) is 6.92 Å². The van der Waals surface area contributed by atoms with Crippen LogP contribution in [0.25, 0.3) is 0 Å². The minimum Gasteiger partial charge on any atom is -0.496 e. The lowest BCUT2D eigenvalue weighted by Gasteiger charge is -2.21. The number of ether oxygens (including phenoxy) is 2. The number of sulfonamides is 1. The molecule has 0 heterocycles. The molecule has 170 valence electrons. The second-order valence-corrected chi connectivity index (χ2v) is 9.92. The smallest absolute Gasteiger partial charge is 0.258 e. The summed E-state index contributed by atoms with van der Waals surface area (Å²) >= 11 is 0. The van der Waals surface area contributed by atoms with Gasteiger partial charge in [-0.3, -0.25) is 9.10 Å². The summed E-state index contributed by atoms with van der Waals surface area (Å²) in [6.07, 6.45) is 1.14. The van der Waals surface area contributed by atoms with Gasteiger partial charge in [-0.15, -0.1) is 0 Å². The number of hydrogen-bond acceptors (Lipinski definition) is 5. The van der Waals surface area contributed by atoms with E-state index >= 15 is 0 Å². The van der Waals surface area contributed by atoms with Crippen molar-refractivity contribution in [3.8, 4) is 11.5 Å². The highest BCUT2D eigenvalue weighted by atomic mass is 32.2. The van der Waals surface area contributed by atoms with E-state index in [1.54, 1.807) is 31.4 Å². The monoisotopic (exact) mass is 448 g/mol. The van der Waals surface area contributed by atoms with E-state index in [1.807, 2.05) is 19.9 Å². The lowest BCUT2D eigenvalue weighted by molar-refractivity contribution is -0.123. The second kappa shape index (κ2) is 10.0. The normalized spacial score (nSPS) is 12.4. The van der Waals surface area contributed by atoms with Crippen molar-refractivity contribution in [1.29, 1.82) is 0 Å². The third-order valence-corrected chi connectivity index (χ3v) is 6.36. The SMILES string of the molecule is COc1cc(C)c(C(C)NC(=O)COc2ccc(N(C)S(C)(=O)=O)cc2)cc1C(C)C. The maximum Gasteiger partial charge on any atom is 0.258 e. The Balaban J connectivity index is 2.01. The predicted octanol–water partition coefficient (Wildman–Crippen LogP) is 3.78. The third-order valence-electron chi connectivity index (χ3n) is 5.15. The van der Waals surface area contributed by atoms with Crippen LogP contribution in [0.1, 0.15) is 49.4 Å². The molecule has 2 aromatic carbocycles. The topological polar surface area (TPSA) is 84.9 Å². The summed E-state index contributed by atoms with van der Waals surface area (Å²) in [7, 11) is -0.191. The van der Waals surface area contributed by atoms with E-state index < -0.39 is 10.0 Å². The molecule has 0 spiro atoms. The minimum atomic E-state index is -3.33. The number of carbonyl (C=O) groups excluding carboxylic acids is 1. The standard InChI is InChI=1S/C23H32N2O5S/c1-15(2)20-13-21(16(3)12-22(20)29-6)17(4)24-23(26)14-30-19-10-8-18(9-11-19)25(5)31(7,27)28/h8-13,15,17H,14H2,1-7H3,(H,24,26). The van der Waals surface area contributed by atoms with Gasteiger partial charge in [0.1, 0.15) is 11.5 Å². The van der Waals surface area contributed by atoms with E-state index in [2.05, 4.69) is 25.2 Å². The first-order chi connectivity index (χ1) is 14.4. The molecule has 8 heteroatoms. The van der Waals surface area contributed by atoms with Crippen molar-refractivity contribution >= 4 is 21.6 Å². The van der Waals surface area contributed by atoms with Crippen molar-refractivity contribution in [3.63, 3.8) is 0 Å². The molecule has 31 heavy (non-hydrogen) atoms. The Morgan fingerprint density at radius 3 is 2.23 bits per heavy atom. The van der Waals surface area contributed by atoms with Gasteiger partial charge in [0, 0.05) is 7.05 Å². The van der Waals surface area contributed by atoms with Gasteiger partial charge in [-0.1, -0.05) is 13.8 Å². The number of methoxy groups -OCH3 is 1. The van der Waals surface area contributed by atoms with Crippen LogP contribution < -0.4 is 19.1 Å². The molecule has 1 N–H and O–H groups in total. The van der Waals surface area contributed by atoms with Crippen LogP contribution in [0.4, 0.5) is 5.69 Å². The van der Waals surface area contributed by atoms with E-state index in [1.165, 1.54) is 11.4 Å². The average molecular weight is 449 g/mol. The predicted molar refractivity (Wildman–Crippen MR) is 124 cm³/mol. The molecule has 0 radical (unpaired) electrons. The van der Waals surface area contributed by atoms with E-state index in [0.717, 1.165) is 28.7 Å². The number of carbonyl (C=O) groups is 1. The zero-order valence-corrected chi connectivity index (χ0v) is 20.0. The number of aryl methyl sites for hydroxylation is 1. The molecule has 0 aliphatic rings. The molecule has 2 aromatic rings. The van der Waals surface area contributed by atoms with Crippen molar-refractivity contribution in [1.82, 2.24) is 5.32 Å². The highest BCUT2D eigenvalue weighted by Crippen LogP contribution is 2.32. The maximum absolute atomic E-state index is 12.4. The first kappa shape index (κ1) is 24.5. The molecular weight excluding hydrogens is 416 g/mol. The molecule has 0 saturated heterocycles. The Morgan fingerprint density at radius 2 is 1.71 bits per heavy atom. The summed E-state index contributed by atoms with van der Waals surface area (Å²) in [5, 5.41) is 2.97. The number of hydrogen-bond donors (Lipinski definition) is 1. The van der Waals surface area contributed by atoms with Gasteiger partial charge in [-0.2, -0.15) is 0 Å². The van der Waals surface area contributed by atoms with Gasteiger partial charge in [0.25, 0.3) is 5.91 Å². The summed E-state index contributed by atoms with van der Waals surface area (Å²) in [6, 6.07) is 10.4. The number of rotatable bonds is 9. The van der Waals surface area contributed by atoms with Crippen molar-refractivity contribution < 1.29 is 22.7 Å². The highest BCUT2D eigenvalue weighted by Gasteiger charge is 2.17. The van der Waals surface area contributed by atoms with E-state index in [9.17, 15) is 13.2 Å². The third kappa shape index (κ3) is 6.37. The Labute approximate surface area is 185 Å². The zero-order chi connectivity index (χ0) is 23.3. The molecule has 0 aromatic heterocycles. The van der Waals surface area contributed by atoms with Crippen LogP contribution in [0.2, 0.25) is 0 Å². The molecule has 1 unspecified atom stereocenters. The van der Waals surface area contributed by atoms with Crippen molar-refractivity contribution in [2.75, 3.05) is 31.3 Å². The molecule has 7 nitrogen and oxygen atoms in total. The van der Waals surface area contributed by atoms with E-state index in [0.29, 0.717) is 17.4 Å². The first-order valence-corrected chi connectivity index (χ1v) is 11.9. The van der Waals surface area contributed by atoms with Crippen LogP contribution in [-0.4, -0.2) is 41.3 Å². The van der Waals surface area contributed by atoms with E-state index in [-0.39, 0.29) is 18.6 Å². The molecule has 2 rings (SSSR count). The Hall–Kier alpha value is -2.74. The largest absolute Gasteiger partial charge is 0.496 e. The van der Waals surface area contributed by atoms with Crippen LogP contribution in [-0.2, 0) is 14.8 Å². The lowest BCUT2D eigenvalue weighted by atomic mass is 9.93. The summed E-state index contributed by atoms with van der Waals surface area (Å²) in [6.45, 7) is 8.00. The number of amides is 1. The van der Waals surface area contributed by atoms with Gasteiger partial charge in [0.2, 0.25) is 10.0 Å². The molecule has 1 amide bonds. The fraction of sp³-hybridized carbons (Fsp3) is 0.435. The number of benzene rings is 2. The van der Waals surface area contributed by atoms with Gasteiger partial charge in [0.15, 0.2) is 6.61 Å². The molecule has 1 atom stereocenters. The average Bonchev–Trinajstić information content (AvgIpc) is 2.70. The quantitative estimate of drug-likeness (QED) is 0.631. The summed E-state index contributed by atoms with van der Waals surface area (Å²) in [5.41, 5.74) is 3.69. The van der Waals surface area contributed by atoms with E-state index in [4.69, 9.17) is 9.47 Å². The van der Waals surface area contributed by atoms with Gasteiger partial charge < -0.3 is 14.8 Å². The Bertz CT molecular complexity index is 1020. The maximum atomic E-state index is 12.4. The van der Waals surface area contributed by atoms with Crippen LogP contribution >= 0.6 is 0 Å². The Kier molecular flexibility index (Phi) is 7.95. The molecule has 0 saturated carbocycles. The Morgan fingerprint density at radius 1 is 1.10 bits per heavy atom. The number of nitrogens with zero attached hydrogens (tertiary/aromatic N) is 1. The lowest BCUT2D eigenvalue weighted by Crippen LogP contribution is -2.31. The van der Waals surface area contributed by atoms with Crippen LogP contribution in [0.3, 0.4) is 0 Å². The van der Waals surface area contributed by atoms with Gasteiger partial charge in [0.05, 0.1) is 25.1 Å². The highest BCUT2D eigenvalue weighted by molar-refractivity contribution is 7.92. The minimum absolute atomic E-state index is 0.141. The molecule has 0 fully saturated rings. The fourth-order valence-electron chi connectivity index (χ4n) is 3.26. The molecule has 0 aliphatic carbocycles.